The van der Waals surface area contributed by atoms with E-state index in [4.69, 9.17) is 5.11 Å². The lowest BCUT2D eigenvalue weighted by Crippen LogP contribution is -2.30. The van der Waals surface area contributed by atoms with E-state index >= 15 is 0 Å². The lowest BCUT2D eigenvalue weighted by molar-refractivity contribution is -0.125. The minimum Gasteiger partial charge on any atom is -0.393 e. The number of aryl methyl sites for hydroxylation is 1. The molecular weight excluding hydrogens is 454 g/mol. The van der Waals surface area contributed by atoms with Crippen LogP contribution in [0.5, 0.6) is 0 Å². The fourth-order valence-corrected chi connectivity index (χ4v) is 6.03. The summed E-state index contributed by atoms with van der Waals surface area (Å²) in [4.78, 5) is 29.0. The van der Waals surface area contributed by atoms with Crippen LogP contribution in [0.2, 0.25) is 0 Å². The Balaban J connectivity index is 1.37. The van der Waals surface area contributed by atoms with Crippen molar-refractivity contribution < 1.29 is 19.8 Å². The molecule has 2 aliphatic carbocycles. The zero-order chi connectivity index (χ0) is 24.8. The van der Waals surface area contributed by atoms with Gasteiger partial charge in [0.05, 0.1) is 12.5 Å². The van der Waals surface area contributed by atoms with Crippen molar-refractivity contribution in [3.8, 4) is 0 Å². The summed E-state index contributed by atoms with van der Waals surface area (Å²) in [5.41, 5.74) is 9.60. The molecule has 1 aromatic heterocycles. The molecule has 3 aliphatic rings. The molecule has 0 spiro atoms. The number of anilines is 2. The van der Waals surface area contributed by atoms with E-state index in [1.165, 1.54) is 35.2 Å². The van der Waals surface area contributed by atoms with Gasteiger partial charge in [-0.05, 0) is 78.1 Å². The number of allylic oxidation sites excluding steroid dienone is 1. The number of nitrogens with one attached hydrogen (secondary N) is 3. The van der Waals surface area contributed by atoms with Crippen molar-refractivity contribution in [3.63, 3.8) is 0 Å². The Morgan fingerprint density at radius 2 is 1.92 bits per heavy atom. The average molecular weight is 484 g/mol. The molecule has 3 atom stereocenters. The standard InChI is InChI=1S/C29H29N3O4/c33-15-25(34)28(35)31-19-9-10-24-22(13-19)27(29(36)32-24)26-17(11-16-5-1-2-7-21(16)26)12-18-14-30-23-8-4-3-6-20(18)23/h1-2,5,7,9-11,13-14,25-27,30,33-34H,3-4,6,8,12,15H2,(H,31,35)(H,32,36). The highest BCUT2D eigenvalue weighted by atomic mass is 16.3. The van der Waals surface area contributed by atoms with Gasteiger partial charge in [-0.1, -0.05) is 35.9 Å². The predicted molar refractivity (Wildman–Crippen MR) is 138 cm³/mol. The Morgan fingerprint density at radius 3 is 2.78 bits per heavy atom. The summed E-state index contributed by atoms with van der Waals surface area (Å²) in [6, 6.07) is 13.5. The van der Waals surface area contributed by atoms with E-state index in [9.17, 15) is 14.7 Å². The molecule has 2 aromatic carbocycles. The Kier molecular flexibility index (Phi) is 5.74. The van der Waals surface area contributed by atoms with E-state index in [0.29, 0.717) is 5.69 Å². The van der Waals surface area contributed by atoms with Crippen LogP contribution < -0.4 is 10.6 Å². The Labute approximate surface area is 209 Å². The van der Waals surface area contributed by atoms with Crippen LogP contribution in [0.1, 0.15) is 58.2 Å². The van der Waals surface area contributed by atoms with Gasteiger partial charge >= 0.3 is 0 Å². The zero-order valence-electron chi connectivity index (χ0n) is 19.9. The second-order valence-electron chi connectivity index (χ2n) is 9.94. The number of carbonyl (C=O) groups is 2. The molecule has 6 rings (SSSR count). The van der Waals surface area contributed by atoms with Crippen molar-refractivity contribution in [1.82, 2.24) is 4.98 Å². The quantitative estimate of drug-likeness (QED) is 0.368. The van der Waals surface area contributed by atoms with E-state index in [1.54, 1.807) is 18.2 Å². The SMILES string of the molecule is O=C(Nc1ccc2c(c1)C(C1C(Cc3c[nH]c4c3CCCC4)=Cc3ccccc31)C(=O)N2)C(O)CO. The first-order valence-electron chi connectivity index (χ1n) is 12.6. The van der Waals surface area contributed by atoms with Gasteiger partial charge in [0, 0.05) is 29.2 Å². The Bertz CT molecular complexity index is 1390. The molecule has 0 saturated carbocycles. The van der Waals surface area contributed by atoms with Crippen LogP contribution in [-0.4, -0.2) is 39.7 Å². The van der Waals surface area contributed by atoms with Crippen molar-refractivity contribution in [1.29, 1.82) is 0 Å². The maximum atomic E-state index is 13.4. The number of carbonyl (C=O) groups excluding carboxylic acids is 2. The fourth-order valence-electron chi connectivity index (χ4n) is 6.03. The monoisotopic (exact) mass is 483 g/mol. The van der Waals surface area contributed by atoms with Gasteiger partial charge in [-0.3, -0.25) is 9.59 Å². The Morgan fingerprint density at radius 1 is 1.08 bits per heavy atom. The molecule has 7 nitrogen and oxygen atoms in total. The van der Waals surface area contributed by atoms with E-state index < -0.39 is 24.5 Å². The number of rotatable bonds is 6. The summed E-state index contributed by atoms with van der Waals surface area (Å²) >= 11 is 0. The normalized spacial score (nSPS) is 20.7. The molecule has 3 aromatic rings. The molecule has 2 amide bonds. The first-order chi connectivity index (χ1) is 17.5. The number of hydrogen-bond donors (Lipinski definition) is 5. The Hall–Kier alpha value is -3.68. The van der Waals surface area contributed by atoms with Gasteiger partial charge in [0.25, 0.3) is 5.91 Å². The van der Waals surface area contributed by atoms with Crippen LogP contribution in [0.25, 0.3) is 6.08 Å². The number of H-pyrrole nitrogens is 1. The van der Waals surface area contributed by atoms with Crippen LogP contribution in [-0.2, 0) is 28.9 Å². The fraction of sp³-hybridized carbons (Fsp3) is 0.310. The molecule has 184 valence electrons. The summed E-state index contributed by atoms with van der Waals surface area (Å²) in [6.45, 7) is -0.657. The number of benzene rings is 2. The van der Waals surface area contributed by atoms with Crippen LogP contribution >= 0.6 is 0 Å². The number of fused-ring (bicyclic) bond motifs is 3. The van der Waals surface area contributed by atoms with Gasteiger partial charge in [-0.2, -0.15) is 0 Å². The van der Waals surface area contributed by atoms with Crippen LogP contribution in [0.4, 0.5) is 11.4 Å². The maximum absolute atomic E-state index is 13.4. The van der Waals surface area contributed by atoms with E-state index in [-0.39, 0.29) is 11.8 Å². The first-order valence-corrected chi connectivity index (χ1v) is 12.6. The summed E-state index contributed by atoms with van der Waals surface area (Å²) in [5, 5.41) is 24.4. The molecule has 5 N–H and O–H groups in total. The van der Waals surface area contributed by atoms with Gasteiger partial charge in [0.15, 0.2) is 6.10 Å². The summed E-state index contributed by atoms with van der Waals surface area (Å²) in [6.07, 6.45) is 8.26. The van der Waals surface area contributed by atoms with Gasteiger partial charge in [0.2, 0.25) is 5.91 Å². The smallest absolute Gasteiger partial charge is 0.255 e. The average Bonchev–Trinajstić information content (AvgIpc) is 3.56. The molecule has 1 aliphatic heterocycles. The van der Waals surface area contributed by atoms with E-state index in [0.717, 1.165) is 41.6 Å². The maximum Gasteiger partial charge on any atom is 0.255 e. The van der Waals surface area contributed by atoms with Gasteiger partial charge in [-0.15, -0.1) is 0 Å². The predicted octanol–water partition coefficient (Wildman–Crippen LogP) is 3.64. The highest BCUT2D eigenvalue weighted by Gasteiger charge is 2.42. The van der Waals surface area contributed by atoms with Crippen molar-refractivity contribution in [2.45, 2.75) is 50.0 Å². The number of hydrogen-bond acceptors (Lipinski definition) is 4. The third-order valence-electron chi connectivity index (χ3n) is 7.75. The van der Waals surface area contributed by atoms with Crippen molar-refractivity contribution in [3.05, 3.63) is 87.7 Å². The van der Waals surface area contributed by atoms with Crippen molar-refractivity contribution in [2.24, 2.45) is 0 Å². The second kappa shape index (κ2) is 9.08. The molecule has 0 radical (unpaired) electrons. The highest BCUT2D eigenvalue weighted by Crippen LogP contribution is 2.51. The molecular formula is C29H29N3O4. The number of aliphatic hydroxyl groups excluding tert-OH is 2. The minimum atomic E-state index is -1.50. The topological polar surface area (TPSA) is 114 Å². The second-order valence-corrected chi connectivity index (χ2v) is 9.94. The van der Waals surface area contributed by atoms with Crippen molar-refractivity contribution in [2.75, 3.05) is 17.2 Å². The lowest BCUT2D eigenvalue weighted by Gasteiger charge is -2.24. The number of aromatic amines is 1. The van der Waals surface area contributed by atoms with Crippen LogP contribution in [0, 0.1) is 0 Å². The number of aliphatic hydroxyl groups is 2. The minimum absolute atomic E-state index is 0.0624. The zero-order valence-corrected chi connectivity index (χ0v) is 19.9. The van der Waals surface area contributed by atoms with Gasteiger partial charge < -0.3 is 25.8 Å². The van der Waals surface area contributed by atoms with E-state index in [1.807, 2.05) is 12.1 Å². The van der Waals surface area contributed by atoms with Gasteiger partial charge in [0.1, 0.15) is 0 Å². The van der Waals surface area contributed by atoms with Crippen LogP contribution in [0.3, 0.4) is 0 Å². The molecule has 3 unspecified atom stereocenters. The molecule has 2 heterocycles. The largest absolute Gasteiger partial charge is 0.393 e. The molecule has 7 heteroatoms. The van der Waals surface area contributed by atoms with E-state index in [2.05, 4.69) is 40.0 Å². The summed E-state index contributed by atoms with van der Waals surface area (Å²) in [5.74, 6) is -1.31. The third-order valence-corrected chi connectivity index (χ3v) is 7.75. The molecule has 0 bridgehead atoms. The van der Waals surface area contributed by atoms with Crippen molar-refractivity contribution >= 4 is 29.3 Å². The third kappa shape index (κ3) is 3.85. The molecule has 0 saturated heterocycles. The number of amides is 2. The van der Waals surface area contributed by atoms with Gasteiger partial charge in [-0.25, -0.2) is 0 Å². The summed E-state index contributed by atoms with van der Waals surface area (Å²) < 4.78 is 0. The molecule has 36 heavy (non-hydrogen) atoms. The summed E-state index contributed by atoms with van der Waals surface area (Å²) in [7, 11) is 0. The molecule has 0 fully saturated rings. The highest BCUT2D eigenvalue weighted by molar-refractivity contribution is 6.05. The van der Waals surface area contributed by atoms with Crippen LogP contribution in [0.15, 0.2) is 54.2 Å². The first kappa shape index (κ1) is 22.8. The number of aromatic nitrogens is 1. The lowest BCUT2D eigenvalue weighted by atomic mass is 9.78.